The highest BCUT2D eigenvalue weighted by Crippen LogP contribution is 2.47. The Morgan fingerprint density at radius 1 is 1.22 bits per heavy atom. The first-order chi connectivity index (χ1) is 17.6. The molecular formula is C25H30N6O5S. The summed E-state index contributed by atoms with van der Waals surface area (Å²) in [6.07, 6.45) is 1.78. The Kier molecular flexibility index (Phi) is 6.55. The van der Waals surface area contributed by atoms with E-state index in [2.05, 4.69) is 16.5 Å². The first kappa shape index (κ1) is 25.4. The number of rotatable bonds is 7. The zero-order valence-electron chi connectivity index (χ0n) is 20.7. The quantitative estimate of drug-likeness (QED) is 0.535. The normalized spacial score (nSPS) is 19.8. The van der Waals surface area contributed by atoms with E-state index in [0.29, 0.717) is 68.6 Å². The molecule has 0 radical (unpaired) electrons. The van der Waals surface area contributed by atoms with E-state index in [0.717, 1.165) is 5.56 Å². The number of aliphatic hydroxyl groups is 1. The molecule has 1 aromatic heterocycles. The molecule has 2 aliphatic heterocycles. The summed E-state index contributed by atoms with van der Waals surface area (Å²) >= 11 is 0. The summed E-state index contributed by atoms with van der Waals surface area (Å²) in [4.78, 5) is 27.9. The first-order valence-electron chi connectivity index (χ1n) is 12.5. The lowest BCUT2D eigenvalue weighted by Gasteiger charge is -2.35. The van der Waals surface area contributed by atoms with Crippen molar-refractivity contribution in [3.05, 3.63) is 52.3 Å². The average molecular weight is 527 g/mol. The van der Waals surface area contributed by atoms with Crippen molar-refractivity contribution >= 4 is 21.8 Å². The number of sulfonamides is 1. The first-order valence-corrected chi connectivity index (χ1v) is 13.9. The molecule has 0 bridgehead atoms. The minimum absolute atomic E-state index is 0.109. The van der Waals surface area contributed by atoms with E-state index in [1.807, 2.05) is 0 Å². The van der Waals surface area contributed by atoms with Crippen LogP contribution in [0.1, 0.15) is 63.4 Å². The van der Waals surface area contributed by atoms with E-state index in [1.54, 1.807) is 36.2 Å². The van der Waals surface area contributed by atoms with Gasteiger partial charge in [0.25, 0.3) is 11.8 Å². The average Bonchev–Trinajstić information content (AvgIpc) is 3.61. The molecule has 1 aromatic carbocycles. The van der Waals surface area contributed by atoms with Crippen LogP contribution in [0.2, 0.25) is 0 Å². The summed E-state index contributed by atoms with van der Waals surface area (Å²) in [6, 6.07) is 8.94. The molecule has 12 heteroatoms. The minimum atomic E-state index is -3.61. The van der Waals surface area contributed by atoms with Crippen molar-refractivity contribution in [2.24, 2.45) is 7.05 Å². The predicted octanol–water partition coefficient (Wildman–Crippen LogP) is 0.539. The Labute approximate surface area is 215 Å². The predicted molar refractivity (Wildman–Crippen MR) is 133 cm³/mol. The second kappa shape index (κ2) is 9.55. The number of carbonyl (C=O) groups excluding carboxylic acids is 2. The highest BCUT2D eigenvalue weighted by atomic mass is 32.2. The van der Waals surface area contributed by atoms with Gasteiger partial charge in [-0.1, -0.05) is 12.1 Å². The van der Waals surface area contributed by atoms with E-state index in [1.165, 1.54) is 8.99 Å². The number of nitriles is 1. The Morgan fingerprint density at radius 2 is 1.89 bits per heavy atom. The maximum atomic E-state index is 13.4. The Hall–Kier alpha value is -3.27. The third-order valence-corrected chi connectivity index (χ3v) is 10.3. The lowest BCUT2D eigenvalue weighted by atomic mass is 10.0. The van der Waals surface area contributed by atoms with Crippen LogP contribution in [0.3, 0.4) is 0 Å². The van der Waals surface area contributed by atoms with Gasteiger partial charge in [-0.25, -0.2) is 12.7 Å². The summed E-state index contributed by atoms with van der Waals surface area (Å²) in [5.41, 5.74) is 2.44. The van der Waals surface area contributed by atoms with Gasteiger partial charge in [0.15, 0.2) is 5.69 Å². The van der Waals surface area contributed by atoms with Gasteiger partial charge in [0.1, 0.15) is 10.4 Å². The summed E-state index contributed by atoms with van der Waals surface area (Å²) in [6.45, 7) is 1.27. The summed E-state index contributed by atoms with van der Waals surface area (Å²) in [7, 11) is -2.00. The van der Waals surface area contributed by atoms with Crippen LogP contribution in [0.25, 0.3) is 0 Å². The number of nitrogens with one attached hydrogen (secondary N) is 1. The molecule has 0 unspecified atom stereocenters. The van der Waals surface area contributed by atoms with Crippen molar-refractivity contribution < 1.29 is 23.1 Å². The molecule has 2 amide bonds. The highest BCUT2D eigenvalue weighted by Gasteiger charge is 2.58. The summed E-state index contributed by atoms with van der Waals surface area (Å²) in [5.74, 6) is -0.714. The molecule has 2 aromatic rings. The van der Waals surface area contributed by atoms with Crippen molar-refractivity contribution in [3.63, 3.8) is 0 Å². The number of hydrogen-bond donors (Lipinski definition) is 2. The van der Waals surface area contributed by atoms with Crippen LogP contribution in [-0.4, -0.2) is 81.4 Å². The number of aliphatic hydroxyl groups excluding tert-OH is 1. The van der Waals surface area contributed by atoms with E-state index >= 15 is 0 Å². The van der Waals surface area contributed by atoms with Crippen LogP contribution in [-0.2, 0) is 30.0 Å². The summed E-state index contributed by atoms with van der Waals surface area (Å²) < 4.78 is 28.7. The maximum Gasteiger partial charge on any atom is 0.272 e. The number of aromatic nitrogens is 2. The van der Waals surface area contributed by atoms with Crippen LogP contribution in [0.4, 0.5) is 0 Å². The number of aryl methyl sites for hydroxylation is 1. The van der Waals surface area contributed by atoms with Gasteiger partial charge in [-0.05, 0) is 49.8 Å². The van der Waals surface area contributed by atoms with Crippen molar-refractivity contribution in [1.29, 1.82) is 5.26 Å². The van der Waals surface area contributed by atoms with E-state index in [4.69, 9.17) is 5.26 Å². The molecule has 37 heavy (non-hydrogen) atoms. The van der Waals surface area contributed by atoms with Crippen molar-refractivity contribution in [1.82, 2.24) is 24.3 Å². The number of carbonyl (C=O) groups is 2. The molecule has 5 rings (SSSR count). The second-order valence-electron chi connectivity index (χ2n) is 10.1. The van der Waals surface area contributed by atoms with Crippen molar-refractivity contribution in [2.75, 3.05) is 26.2 Å². The molecule has 2 fully saturated rings. The number of nitrogens with zero attached hydrogens (tertiary/aromatic N) is 5. The van der Waals surface area contributed by atoms with Gasteiger partial charge >= 0.3 is 0 Å². The van der Waals surface area contributed by atoms with Gasteiger partial charge in [-0.15, -0.1) is 0 Å². The molecule has 3 aliphatic rings. The smallest absolute Gasteiger partial charge is 0.272 e. The van der Waals surface area contributed by atoms with Crippen LogP contribution < -0.4 is 5.32 Å². The molecule has 3 heterocycles. The standard InChI is InChI=1S/C25H30N6O5S/c1-29-22-20(21(28-29)23(33)27-15-18-4-2-17(14-26)3-5-18)8-11-30(24(22)34)16-25(9-10-25)37(35,36)31-12-6-19(32)7-13-31/h2-5,19,32H,6-13,15-16H2,1H3,(H,27,33). The number of amides is 2. The van der Waals surface area contributed by atoms with Gasteiger partial charge < -0.3 is 15.3 Å². The fourth-order valence-corrected chi connectivity index (χ4v) is 7.38. The second-order valence-corrected chi connectivity index (χ2v) is 12.4. The number of fused-ring (bicyclic) bond motifs is 1. The maximum absolute atomic E-state index is 13.4. The lowest BCUT2D eigenvalue weighted by Crippen LogP contribution is -2.51. The Bertz CT molecular complexity index is 1370. The van der Waals surface area contributed by atoms with Crippen LogP contribution in [0, 0.1) is 11.3 Å². The van der Waals surface area contributed by atoms with Crippen molar-refractivity contribution in [2.45, 2.75) is 49.5 Å². The van der Waals surface area contributed by atoms with E-state index < -0.39 is 26.8 Å². The molecule has 11 nitrogen and oxygen atoms in total. The zero-order chi connectivity index (χ0) is 26.4. The van der Waals surface area contributed by atoms with Gasteiger partial charge in [0.2, 0.25) is 10.0 Å². The van der Waals surface area contributed by atoms with Crippen LogP contribution >= 0.6 is 0 Å². The molecule has 0 spiro atoms. The SMILES string of the molecule is Cn1nc(C(=O)NCc2ccc(C#N)cc2)c2c1C(=O)N(CC1(S(=O)(=O)N3CCC(O)CC3)CC1)CC2. The topological polar surface area (TPSA) is 149 Å². The minimum Gasteiger partial charge on any atom is -0.393 e. The Balaban J connectivity index is 1.28. The van der Waals surface area contributed by atoms with Gasteiger partial charge in [-0.3, -0.25) is 14.3 Å². The molecule has 1 saturated carbocycles. The Morgan fingerprint density at radius 3 is 2.51 bits per heavy atom. The monoisotopic (exact) mass is 526 g/mol. The van der Waals surface area contributed by atoms with Crippen LogP contribution in [0.15, 0.2) is 24.3 Å². The molecule has 0 atom stereocenters. The third kappa shape index (κ3) is 4.63. The van der Waals surface area contributed by atoms with Gasteiger partial charge in [0.05, 0.1) is 17.7 Å². The van der Waals surface area contributed by atoms with Gasteiger partial charge in [0, 0.05) is 45.3 Å². The third-order valence-electron chi connectivity index (χ3n) is 7.62. The number of hydrogen-bond acceptors (Lipinski definition) is 7. The molecule has 2 N–H and O–H groups in total. The van der Waals surface area contributed by atoms with E-state index in [-0.39, 0.29) is 24.7 Å². The highest BCUT2D eigenvalue weighted by molar-refractivity contribution is 7.90. The van der Waals surface area contributed by atoms with Crippen molar-refractivity contribution in [3.8, 4) is 6.07 Å². The zero-order valence-corrected chi connectivity index (χ0v) is 21.5. The molecule has 196 valence electrons. The van der Waals surface area contributed by atoms with E-state index in [9.17, 15) is 23.1 Å². The number of piperidine rings is 1. The lowest BCUT2D eigenvalue weighted by molar-refractivity contribution is 0.0723. The summed E-state index contributed by atoms with van der Waals surface area (Å²) in [5, 5.41) is 25.8. The molecule has 1 aliphatic carbocycles. The van der Waals surface area contributed by atoms with Gasteiger partial charge in [-0.2, -0.15) is 10.4 Å². The fraction of sp³-hybridized carbons (Fsp3) is 0.520. The van der Waals surface area contributed by atoms with Crippen LogP contribution in [0.5, 0.6) is 0 Å². The molecule has 1 saturated heterocycles. The number of benzene rings is 1. The fourth-order valence-electron chi connectivity index (χ4n) is 5.21. The molecular weight excluding hydrogens is 496 g/mol. The largest absolute Gasteiger partial charge is 0.393 e.